The van der Waals surface area contributed by atoms with Crippen molar-refractivity contribution in [1.82, 2.24) is 0 Å². The van der Waals surface area contributed by atoms with Crippen molar-refractivity contribution < 1.29 is 15.6 Å². The summed E-state index contributed by atoms with van der Waals surface area (Å²) in [6.07, 6.45) is 0.966. The van der Waals surface area contributed by atoms with Gasteiger partial charge in [-0.25, -0.2) is 0 Å². The predicted molar refractivity (Wildman–Crippen MR) is 51.1 cm³/mol. The number of carboxylic acid groups (broad SMARTS) is 1. The lowest BCUT2D eigenvalue weighted by molar-refractivity contribution is -0.430. The highest BCUT2D eigenvalue weighted by Gasteiger charge is 2.08. The number of hydrogen-bond donors (Lipinski definition) is 1. The van der Waals surface area contributed by atoms with E-state index in [1.54, 1.807) is 0 Å². The van der Waals surface area contributed by atoms with Gasteiger partial charge >= 0.3 is 0 Å². The summed E-state index contributed by atoms with van der Waals surface area (Å²) in [7, 11) is 0. The number of aryl methyl sites for hydroxylation is 1. The highest BCUT2D eigenvalue weighted by atomic mass is 16.4. The van der Waals surface area contributed by atoms with Gasteiger partial charge in [0, 0.05) is 18.0 Å². The third-order valence-electron chi connectivity index (χ3n) is 2.27. The maximum Gasteiger partial charge on any atom is 0.115 e. The molecule has 0 saturated heterocycles. The molecule has 0 unspecified atom stereocenters. The van der Waals surface area contributed by atoms with E-state index in [-0.39, 0.29) is 12.5 Å². The van der Waals surface area contributed by atoms with Crippen LogP contribution in [0.5, 0.6) is 0 Å². The lowest BCUT2D eigenvalue weighted by Crippen LogP contribution is -2.55. The van der Waals surface area contributed by atoms with Crippen LogP contribution in [0.2, 0.25) is 0 Å². The van der Waals surface area contributed by atoms with Crippen molar-refractivity contribution in [3.8, 4) is 0 Å². The van der Waals surface area contributed by atoms with Crippen molar-refractivity contribution in [2.45, 2.75) is 25.8 Å². The summed E-state index contributed by atoms with van der Waals surface area (Å²) in [5, 5.41) is 10.4. The van der Waals surface area contributed by atoms with E-state index in [0.717, 1.165) is 12.0 Å². The molecule has 14 heavy (non-hydrogen) atoms. The van der Waals surface area contributed by atoms with Crippen LogP contribution in [0.4, 0.5) is 0 Å². The first kappa shape index (κ1) is 10.7. The Kier molecular flexibility index (Phi) is 3.65. The van der Waals surface area contributed by atoms with E-state index >= 15 is 0 Å². The van der Waals surface area contributed by atoms with Gasteiger partial charge in [-0.2, -0.15) is 0 Å². The third-order valence-corrected chi connectivity index (χ3v) is 2.27. The standard InChI is InChI=1S/C11H15NO2/c1-2-8-3-5-9(6-4-8)10(12)7-11(13)14/h3-6,10H,2,7,12H2,1H3,(H,13,14)/t10-/m0/s1. The van der Waals surface area contributed by atoms with Crippen molar-refractivity contribution in [2.24, 2.45) is 0 Å². The van der Waals surface area contributed by atoms with Crippen molar-refractivity contribution in [2.75, 3.05) is 0 Å². The minimum atomic E-state index is -1.05. The van der Waals surface area contributed by atoms with Gasteiger partial charge in [0.05, 0.1) is 0 Å². The molecule has 3 heteroatoms. The fraction of sp³-hybridized carbons (Fsp3) is 0.364. The van der Waals surface area contributed by atoms with Gasteiger partial charge in [-0.05, 0) is 12.0 Å². The number of carbonyl (C=O) groups is 1. The Labute approximate surface area is 83.6 Å². The lowest BCUT2D eigenvalue weighted by atomic mass is 10.0. The lowest BCUT2D eigenvalue weighted by Gasteiger charge is -2.09. The Hall–Kier alpha value is -1.35. The van der Waals surface area contributed by atoms with Crippen LogP contribution in [0.25, 0.3) is 0 Å². The summed E-state index contributed by atoms with van der Waals surface area (Å²) in [5.41, 5.74) is 5.98. The molecule has 76 valence electrons. The molecule has 0 heterocycles. The van der Waals surface area contributed by atoms with E-state index in [0.29, 0.717) is 0 Å². The van der Waals surface area contributed by atoms with Crippen molar-refractivity contribution >= 4 is 5.97 Å². The molecule has 0 fully saturated rings. The second-order valence-corrected chi connectivity index (χ2v) is 3.37. The molecule has 0 amide bonds. The van der Waals surface area contributed by atoms with Crippen molar-refractivity contribution in [3.63, 3.8) is 0 Å². The minimum Gasteiger partial charge on any atom is -0.550 e. The van der Waals surface area contributed by atoms with E-state index in [1.807, 2.05) is 24.3 Å². The molecule has 1 rings (SSSR count). The summed E-state index contributed by atoms with van der Waals surface area (Å²) < 4.78 is 0. The molecular weight excluding hydrogens is 178 g/mol. The second kappa shape index (κ2) is 4.77. The van der Waals surface area contributed by atoms with Gasteiger partial charge in [0.15, 0.2) is 0 Å². The van der Waals surface area contributed by atoms with Gasteiger partial charge in [0.1, 0.15) is 6.04 Å². The van der Waals surface area contributed by atoms with Crippen LogP contribution >= 0.6 is 0 Å². The molecule has 0 aliphatic rings. The molecular formula is C11H15NO2. The Morgan fingerprint density at radius 2 is 2.00 bits per heavy atom. The third kappa shape index (κ3) is 2.85. The molecule has 0 aliphatic heterocycles. The fourth-order valence-electron chi connectivity index (χ4n) is 1.34. The number of aliphatic carboxylic acids is 1. The number of quaternary nitrogens is 1. The highest BCUT2D eigenvalue weighted by molar-refractivity contribution is 5.65. The van der Waals surface area contributed by atoms with Crippen LogP contribution in [-0.4, -0.2) is 5.97 Å². The SMILES string of the molecule is CCc1ccc([C@@H]([NH3+])CC(=O)[O-])cc1. The number of rotatable bonds is 4. The monoisotopic (exact) mass is 193 g/mol. The number of hydrogen-bond acceptors (Lipinski definition) is 2. The normalized spacial score (nSPS) is 12.4. The number of benzene rings is 1. The summed E-state index contributed by atoms with van der Waals surface area (Å²) >= 11 is 0. The van der Waals surface area contributed by atoms with E-state index in [9.17, 15) is 9.90 Å². The summed E-state index contributed by atoms with van der Waals surface area (Å²) in [4.78, 5) is 10.4. The number of carboxylic acids is 1. The van der Waals surface area contributed by atoms with Crippen molar-refractivity contribution in [3.05, 3.63) is 35.4 Å². The molecule has 0 radical (unpaired) electrons. The zero-order valence-corrected chi connectivity index (χ0v) is 8.32. The van der Waals surface area contributed by atoms with Crippen LogP contribution in [-0.2, 0) is 11.2 Å². The Bertz CT molecular complexity index is 306. The van der Waals surface area contributed by atoms with E-state index < -0.39 is 5.97 Å². The molecule has 3 nitrogen and oxygen atoms in total. The number of carbonyl (C=O) groups excluding carboxylic acids is 1. The van der Waals surface area contributed by atoms with Crippen LogP contribution in [0.15, 0.2) is 24.3 Å². The second-order valence-electron chi connectivity index (χ2n) is 3.37. The topological polar surface area (TPSA) is 67.8 Å². The zero-order chi connectivity index (χ0) is 10.6. The van der Waals surface area contributed by atoms with Crippen LogP contribution in [0.3, 0.4) is 0 Å². The van der Waals surface area contributed by atoms with Gasteiger partial charge in [0.25, 0.3) is 0 Å². The summed E-state index contributed by atoms with van der Waals surface area (Å²) in [6, 6.07) is 7.65. The van der Waals surface area contributed by atoms with Crippen LogP contribution in [0, 0.1) is 0 Å². The molecule has 0 aliphatic carbocycles. The molecule has 0 spiro atoms. The van der Waals surface area contributed by atoms with E-state index in [2.05, 4.69) is 12.7 Å². The van der Waals surface area contributed by atoms with Crippen molar-refractivity contribution in [1.29, 1.82) is 0 Å². The Morgan fingerprint density at radius 3 is 2.43 bits per heavy atom. The molecule has 3 N–H and O–H groups in total. The highest BCUT2D eigenvalue weighted by Crippen LogP contribution is 2.12. The van der Waals surface area contributed by atoms with Gasteiger partial charge in [-0.1, -0.05) is 31.2 Å². The predicted octanol–water partition coefficient (Wildman–Crippen LogP) is -0.328. The first-order chi connectivity index (χ1) is 6.63. The van der Waals surface area contributed by atoms with Gasteiger partial charge in [-0.15, -0.1) is 0 Å². The smallest absolute Gasteiger partial charge is 0.115 e. The Balaban J connectivity index is 2.71. The van der Waals surface area contributed by atoms with Gasteiger partial charge < -0.3 is 15.6 Å². The largest absolute Gasteiger partial charge is 0.550 e. The first-order valence-corrected chi connectivity index (χ1v) is 4.75. The average Bonchev–Trinajstić information content (AvgIpc) is 2.17. The fourth-order valence-corrected chi connectivity index (χ4v) is 1.34. The maximum atomic E-state index is 10.4. The first-order valence-electron chi connectivity index (χ1n) is 4.75. The summed E-state index contributed by atoms with van der Waals surface area (Å²) in [6.45, 7) is 2.08. The summed E-state index contributed by atoms with van der Waals surface area (Å²) in [5.74, 6) is -1.05. The molecule has 1 atom stereocenters. The molecule has 0 saturated carbocycles. The molecule has 0 bridgehead atoms. The quantitative estimate of drug-likeness (QED) is 0.711. The van der Waals surface area contributed by atoms with E-state index in [1.165, 1.54) is 5.56 Å². The molecule has 1 aromatic rings. The molecule has 1 aromatic carbocycles. The zero-order valence-electron chi connectivity index (χ0n) is 8.32. The van der Waals surface area contributed by atoms with Crippen LogP contribution < -0.4 is 10.8 Å². The van der Waals surface area contributed by atoms with Gasteiger partial charge in [-0.3, -0.25) is 0 Å². The minimum absolute atomic E-state index is 0.0223. The maximum absolute atomic E-state index is 10.4. The van der Waals surface area contributed by atoms with E-state index in [4.69, 9.17) is 0 Å². The van der Waals surface area contributed by atoms with Crippen LogP contribution in [0.1, 0.15) is 30.5 Å². The Morgan fingerprint density at radius 1 is 1.43 bits per heavy atom. The average molecular weight is 193 g/mol. The molecule has 0 aromatic heterocycles. The van der Waals surface area contributed by atoms with Gasteiger partial charge in [0.2, 0.25) is 0 Å².